The molecular weight excluding hydrogens is 340 g/mol. The molecule has 0 bridgehead atoms. The zero-order chi connectivity index (χ0) is 16.2. The fourth-order valence-electron chi connectivity index (χ4n) is 3.26. The number of amides is 1. The summed E-state index contributed by atoms with van der Waals surface area (Å²) in [5.74, 6) is -0.106. The Kier molecular flexibility index (Phi) is 6.77. The van der Waals surface area contributed by atoms with Gasteiger partial charge >= 0.3 is 6.61 Å². The minimum atomic E-state index is -2.88. The van der Waals surface area contributed by atoms with E-state index in [1.807, 2.05) is 0 Å². The van der Waals surface area contributed by atoms with E-state index in [-0.39, 0.29) is 24.1 Å². The molecule has 0 aliphatic carbocycles. The molecule has 1 N–H and O–H groups in total. The van der Waals surface area contributed by atoms with Gasteiger partial charge in [-0.05, 0) is 24.6 Å². The van der Waals surface area contributed by atoms with Crippen LogP contribution in [-0.4, -0.2) is 67.6 Å². The van der Waals surface area contributed by atoms with Crippen LogP contribution in [0.15, 0.2) is 24.3 Å². The summed E-state index contributed by atoms with van der Waals surface area (Å²) in [5.41, 5.74) is 0.393. The zero-order valence-electron chi connectivity index (χ0n) is 13.3. The molecule has 2 aliphatic rings. The zero-order valence-corrected chi connectivity index (χ0v) is 14.1. The van der Waals surface area contributed by atoms with Gasteiger partial charge in [0.05, 0.1) is 0 Å². The molecule has 1 amide bonds. The Morgan fingerprint density at radius 2 is 2.00 bits per heavy atom. The van der Waals surface area contributed by atoms with Crippen LogP contribution >= 0.6 is 12.4 Å². The highest BCUT2D eigenvalue weighted by Crippen LogP contribution is 2.21. The van der Waals surface area contributed by atoms with Gasteiger partial charge in [0.15, 0.2) is 0 Å². The second-order valence-electron chi connectivity index (χ2n) is 5.89. The van der Waals surface area contributed by atoms with Crippen LogP contribution in [0.5, 0.6) is 5.75 Å². The predicted molar refractivity (Wildman–Crippen MR) is 89.1 cm³/mol. The van der Waals surface area contributed by atoms with Gasteiger partial charge in [0.25, 0.3) is 5.91 Å². The number of ether oxygens (including phenoxy) is 1. The van der Waals surface area contributed by atoms with E-state index >= 15 is 0 Å². The molecule has 0 radical (unpaired) electrons. The lowest BCUT2D eigenvalue weighted by molar-refractivity contribution is -0.0499. The summed E-state index contributed by atoms with van der Waals surface area (Å²) < 4.78 is 28.9. The van der Waals surface area contributed by atoms with Crippen molar-refractivity contribution in [2.75, 3.05) is 39.3 Å². The Hall–Kier alpha value is -1.44. The number of rotatable bonds is 4. The number of alkyl halides is 2. The lowest BCUT2D eigenvalue weighted by Gasteiger charge is -2.32. The minimum absolute atomic E-state index is 0. The number of piperazine rings is 1. The van der Waals surface area contributed by atoms with Gasteiger partial charge in [0.2, 0.25) is 0 Å². The third-order valence-electron chi connectivity index (χ3n) is 4.42. The molecule has 2 saturated heterocycles. The third kappa shape index (κ3) is 4.55. The first kappa shape index (κ1) is 18.9. The molecular formula is C16H22ClF2N3O2. The molecule has 2 fully saturated rings. The Labute approximate surface area is 146 Å². The Bertz CT molecular complexity index is 556. The predicted octanol–water partition coefficient (Wildman–Crippen LogP) is 1.83. The third-order valence-corrected chi connectivity index (χ3v) is 4.42. The largest absolute Gasteiger partial charge is 0.435 e. The molecule has 1 unspecified atom stereocenters. The van der Waals surface area contributed by atoms with Crippen LogP contribution in [0.4, 0.5) is 8.78 Å². The lowest BCUT2D eigenvalue weighted by Crippen LogP contribution is -2.49. The summed E-state index contributed by atoms with van der Waals surface area (Å²) in [4.78, 5) is 16.8. The van der Waals surface area contributed by atoms with Gasteiger partial charge in [-0.1, -0.05) is 6.07 Å². The quantitative estimate of drug-likeness (QED) is 0.888. The summed E-state index contributed by atoms with van der Waals surface area (Å²) >= 11 is 0. The van der Waals surface area contributed by atoms with E-state index < -0.39 is 6.61 Å². The first-order valence-electron chi connectivity index (χ1n) is 7.92. The SMILES string of the molecule is Cl.O=C(c1cccc(OC(F)F)c1)N1CCC(N2CCNCC2)C1. The number of hydrogen-bond acceptors (Lipinski definition) is 4. The number of benzene rings is 1. The van der Waals surface area contributed by atoms with E-state index in [4.69, 9.17) is 0 Å². The van der Waals surface area contributed by atoms with Crippen molar-refractivity contribution in [3.63, 3.8) is 0 Å². The molecule has 0 saturated carbocycles. The number of halogens is 3. The molecule has 2 heterocycles. The molecule has 134 valence electrons. The monoisotopic (exact) mass is 361 g/mol. The highest BCUT2D eigenvalue weighted by molar-refractivity contribution is 5.94. The molecule has 1 aromatic carbocycles. The van der Waals surface area contributed by atoms with Crippen LogP contribution in [0, 0.1) is 0 Å². The Balaban J connectivity index is 0.00000208. The highest BCUT2D eigenvalue weighted by Gasteiger charge is 2.31. The second kappa shape index (κ2) is 8.60. The highest BCUT2D eigenvalue weighted by atomic mass is 35.5. The molecule has 3 rings (SSSR count). The van der Waals surface area contributed by atoms with Crippen molar-refractivity contribution in [3.8, 4) is 5.75 Å². The van der Waals surface area contributed by atoms with E-state index in [9.17, 15) is 13.6 Å². The summed E-state index contributed by atoms with van der Waals surface area (Å²) in [6.07, 6.45) is 0.957. The van der Waals surface area contributed by atoms with Gasteiger partial charge < -0.3 is 15.0 Å². The lowest BCUT2D eigenvalue weighted by atomic mass is 10.2. The van der Waals surface area contributed by atoms with E-state index in [1.54, 1.807) is 17.0 Å². The van der Waals surface area contributed by atoms with Gasteiger partial charge in [0.1, 0.15) is 5.75 Å². The van der Waals surface area contributed by atoms with E-state index in [2.05, 4.69) is 15.0 Å². The van der Waals surface area contributed by atoms with E-state index in [0.29, 0.717) is 24.7 Å². The number of likely N-dealkylation sites (tertiary alicyclic amines) is 1. The first-order chi connectivity index (χ1) is 11.1. The molecule has 8 heteroatoms. The Morgan fingerprint density at radius 1 is 1.25 bits per heavy atom. The van der Waals surface area contributed by atoms with E-state index in [0.717, 1.165) is 32.6 Å². The second-order valence-corrected chi connectivity index (χ2v) is 5.89. The van der Waals surface area contributed by atoms with Gasteiger partial charge in [-0.15, -0.1) is 12.4 Å². The van der Waals surface area contributed by atoms with Crippen LogP contribution in [0.2, 0.25) is 0 Å². The van der Waals surface area contributed by atoms with Crippen molar-refractivity contribution in [1.82, 2.24) is 15.1 Å². The van der Waals surface area contributed by atoms with Gasteiger partial charge in [-0.3, -0.25) is 9.69 Å². The fourth-order valence-corrected chi connectivity index (χ4v) is 3.26. The molecule has 5 nitrogen and oxygen atoms in total. The first-order valence-corrected chi connectivity index (χ1v) is 7.92. The van der Waals surface area contributed by atoms with Gasteiger partial charge in [-0.2, -0.15) is 8.78 Å². The summed E-state index contributed by atoms with van der Waals surface area (Å²) in [5, 5.41) is 3.32. The maximum Gasteiger partial charge on any atom is 0.387 e. The van der Waals surface area contributed by atoms with Gasteiger partial charge in [-0.25, -0.2) is 0 Å². The van der Waals surface area contributed by atoms with Crippen molar-refractivity contribution in [2.24, 2.45) is 0 Å². The molecule has 0 aromatic heterocycles. The topological polar surface area (TPSA) is 44.8 Å². The summed E-state index contributed by atoms with van der Waals surface area (Å²) in [6, 6.07) is 6.40. The number of nitrogens with one attached hydrogen (secondary N) is 1. The van der Waals surface area contributed by atoms with Crippen molar-refractivity contribution < 1.29 is 18.3 Å². The number of carbonyl (C=O) groups excluding carboxylic acids is 1. The number of hydrogen-bond donors (Lipinski definition) is 1. The number of carbonyl (C=O) groups is 1. The molecule has 1 atom stereocenters. The molecule has 24 heavy (non-hydrogen) atoms. The average molecular weight is 362 g/mol. The molecule has 2 aliphatic heterocycles. The van der Waals surface area contributed by atoms with E-state index in [1.165, 1.54) is 12.1 Å². The average Bonchev–Trinajstić information content (AvgIpc) is 3.04. The van der Waals surface area contributed by atoms with Crippen LogP contribution in [0.25, 0.3) is 0 Å². The maximum absolute atomic E-state index is 12.6. The molecule has 1 aromatic rings. The summed E-state index contributed by atoms with van der Waals surface area (Å²) in [6.45, 7) is 2.49. The minimum Gasteiger partial charge on any atom is -0.435 e. The van der Waals surface area contributed by atoms with Crippen molar-refractivity contribution in [3.05, 3.63) is 29.8 Å². The smallest absolute Gasteiger partial charge is 0.387 e. The van der Waals surface area contributed by atoms with Crippen LogP contribution in [0.3, 0.4) is 0 Å². The fraction of sp³-hybridized carbons (Fsp3) is 0.562. The van der Waals surface area contributed by atoms with Crippen LogP contribution < -0.4 is 10.1 Å². The standard InChI is InChI=1S/C16H21F2N3O2.ClH/c17-16(18)23-14-3-1-2-12(10-14)15(22)21-7-4-13(11-21)20-8-5-19-6-9-20;/h1-3,10,13,16,19H,4-9,11H2;1H. The van der Waals surface area contributed by atoms with Crippen molar-refractivity contribution in [2.45, 2.75) is 19.1 Å². The Morgan fingerprint density at radius 3 is 2.71 bits per heavy atom. The van der Waals surface area contributed by atoms with Crippen LogP contribution in [0.1, 0.15) is 16.8 Å². The number of nitrogens with zero attached hydrogens (tertiary/aromatic N) is 2. The summed E-state index contributed by atoms with van der Waals surface area (Å²) in [7, 11) is 0. The normalized spacial score (nSPS) is 21.6. The van der Waals surface area contributed by atoms with Gasteiger partial charge in [0, 0.05) is 50.9 Å². The molecule has 0 spiro atoms. The van der Waals surface area contributed by atoms with Crippen LogP contribution in [-0.2, 0) is 0 Å². The van der Waals surface area contributed by atoms with Crippen molar-refractivity contribution >= 4 is 18.3 Å². The maximum atomic E-state index is 12.6. The van der Waals surface area contributed by atoms with Crippen molar-refractivity contribution in [1.29, 1.82) is 0 Å².